The van der Waals surface area contributed by atoms with Gasteiger partial charge in [-0.2, -0.15) is 4.98 Å². The summed E-state index contributed by atoms with van der Waals surface area (Å²) in [6.07, 6.45) is 3.62. The van der Waals surface area contributed by atoms with Crippen LogP contribution in [-0.4, -0.2) is 51.4 Å². The van der Waals surface area contributed by atoms with Crippen molar-refractivity contribution < 1.29 is 14.1 Å². The number of carbonyl (C=O) groups is 2. The minimum atomic E-state index is -0.238. The highest BCUT2D eigenvalue weighted by molar-refractivity contribution is 5.77. The Morgan fingerprint density at radius 3 is 2.59 bits per heavy atom. The molecule has 22 heavy (non-hydrogen) atoms. The molecule has 2 heterocycles. The van der Waals surface area contributed by atoms with Crippen LogP contribution in [0.2, 0.25) is 0 Å². The van der Waals surface area contributed by atoms with Crippen molar-refractivity contribution in [2.75, 3.05) is 19.6 Å². The molecule has 1 aliphatic heterocycles. The van der Waals surface area contributed by atoms with E-state index in [9.17, 15) is 9.59 Å². The second kappa shape index (κ2) is 6.06. The fourth-order valence-corrected chi connectivity index (χ4v) is 2.96. The number of hydrogen-bond donors (Lipinski definition) is 0. The summed E-state index contributed by atoms with van der Waals surface area (Å²) < 4.78 is 5.25. The van der Waals surface area contributed by atoms with Gasteiger partial charge in [0.05, 0.1) is 0 Å². The molecule has 0 aromatic carbocycles. The third-order valence-electron chi connectivity index (χ3n) is 4.41. The molecule has 1 saturated carbocycles. The second-order valence-corrected chi connectivity index (χ2v) is 6.23. The number of aryl methyl sites for hydroxylation is 1. The topological polar surface area (TPSA) is 79.5 Å². The molecule has 1 saturated heterocycles. The van der Waals surface area contributed by atoms with Crippen LogP contribution in [0.15, 0.2) is 4.52 Å². The SMILES string of the molecule is CC(=O)N1CCN(C(=O)CC2CC2)CCC1c1nc(C)no1. The van der Waals surface area contributed by atoms with Crippen molar-refractivity contribution in [3.63, 3.8) is 0 Å². The van der Waals surface area contributed by atoms with Crippen LogP contribution in [-0.2, 0) is 9.59 Å². The van der Waals surface area contributed by atoms with Crippen LogP contribution in [0.25, 0.3) is 0 Å². The van der Waals surface area contributed by atoms with E-state index >= 15 is 0 Å². The van der Waals surface area contributed by atoms with Crippen molar-refractivity contribution in [2.24, 2.45) is 5.92 Å². The summed E-state index contributed by atoms with van der Waals surface area (Å²) in [6, 6.07) is -0.238. The smallest absolute Gasteiger partial charge is 0.249 e. The molecular weight excluding hydrogens is 284 g/mol. The van der Waals surface area contributed by atoms with Gasteiger partial charge in [-0.05, 0) is 32.1 Å². The van der Waals surface area contributed by atoms with Crippen LogP contribution >= 0.6 is 0 Å². The van der Waals surface area contributed by atoms with E-state index < -0.39 is 0 Å². The van der Waals surface area contributed by atoms with Crippen molar-refractivity contribution >= 4 is 11.8 Å². The zero-order valence-electron chi connectivity index (χ0n) is 13.1. The fraction of sp³-hybridized carbons (Fsp3) is 0.733. The van der Waals surface area contributed by atoms with E-state index in [1.165, 1.54) is 19.8 Å². The average Bonchev–Trinajstić information content (AvgIpc) is 3.22. The summed E-state index contributed by atoms with van der Waals surface area (Å²) in [6.45, 7) is 5.01. The van der Waals surface area contributed by atoms with Crippen LogP contribution in [0.4, 0.5) is 0 Å². The molecule has 1 aromatic rings. The van der Waals surface area contributed by atoms with Crippen LogP contribution in [0, 0.1) is 12.8 Å². The third kappa shape index (κ3) is 3.28. The minimum Gasteiger partial charge on any atom is -0.341 e. The monoisotopic (exact) mass is 306 g/mol. The lowest BCUT2D eigenvalue weighted by atomic mass is 10.1. The second-order valence-electron chi connectivity index (χ2n) is 6.23. The molecule has 0 spiro atoms. The Labute approximate surface area is 129 Å². The molecule has 1 atom stereocenters. The van der Waals surface area contributed by atoms with Gasteiger partial charge in [-0.1, -0.05) is 5.16 Å². The van der Waals surface area contributed by atoms with Crippen LogP contribution < -0.4 is 0 Å². The molecule has 2 aliphatic rings. The van der Waals surface area contributed by atoms with Crippen LogP contribution in [0.5, 0.6) is 0 Å². The molecule has 3 rings (SSSR count). The molecule has 1 aliphatic carbocycles. The highest BCUT2D eigenvalue weighted by Crippen LogP contribution is 2.33. The third-order valence-corrected chi connectivity index (χ3v) is 4.41. The largest absolute Gasteiger partial charge is 0.341 e. The molecule has 0 radical (unpaired) electrons. The van der Waals surface area contributed by atoms with Gasteiger partial charge in [-0.25, -0.2) is 0 Å². The summed E-state index contributed by atoms with van der Waals surface area (Å²) in [4.78, 5) is 32.1. The number of carbonyl (C=O) groups excluding carboxylic acids is 2. The maximum Gasteiger partial charge on any atom is 0.249 e. The standard InChI is InChI=1S/C15H22N4O3/c1-10-16-15(22-17-10)13-5-6-18(7-8-19(13)11(2)20)14(21)9-12-3-4-12/h12-13H,3-9H2,1-2H3. The summed E-state index contributed by atoms with van der Waals surface area (Å²) in [5.41, 5.74) is 0. The van der Waals surface area contributed by atoms with Gasteiger partial charge in [0.15, 0.2) is 5.82 Å². The number of aromatic nitrogens is 2. The Hall–Kier alpha value is -1.92. The molecule has 7 nitrogen and oxygen atoms in total. The van der Waals surface area contributed by atoms with Crippen molar-refractivity contribution in [3.05, 3.63) is 11.7 Å². The average molecular weight is 306 g/mol. The molecule has 1 unspecified atom stereocenters. The number of nitrogens with zero attached hydrogens (tertiary/aromatic N) is 4. The molecule has 2 amide bonds. The quantitative estimate of drug-likeness (QED) is 0.841. The van der Waals surface area contributed by atoms with Crippen LogP contribution in [0.1, 0.15) is 50.4 Å². The Kier molecular flexibility index (Phi) is 4.13. The summed E-state index contributed by atoms with van der Waals surface area (Å²) in [5.74, 6) is 1.77. The maximum absolute atomic E-state index is 12.3. The highest BCUT2D eigenvalue weighted by Gasteiger charge is 2.33. The number of amides is 2. The van der Waals surface area contributed by atoms with E-state index in [1.807, 2.05) is 4.90 Å². The summed E-state index contributed by atoms with van der Waals surface area (Å²) in [7, 11) is 0. The van der Waals surface area contributed by atoms with Gasteiger partial charge in [0.25, 0.3) is 0 Å². The van der Waals surface area contributed by atoms with Crippen molar-refractivity contribution in [1.29, 1.82) is 0 Å². The van der Waals surface area contributed by atoms with Gasteiger partial charge < -0.3 is 14.3 Å². The Morgan fingerprint density at radius 2 is 2.00 bits per heavy atom. The Balaban J connectivity index is 1.72. The van der Waals surface area contributed by atoms with E-state index in [-0.39, 0.29) is 17.9 Å². The Morgan fingerprint density at radius 1 is 1.23 bits per heavy atom. The van der Waals surface area contributed by atoms with E-state index in [4.69, 9.17) is 4.52 Å². The van der Waals surface area contributed by atoms with E-state index in [0.717, 1.165) is 0 Å². The first-order valence-electron chi connectivity index (χ1n) is 7.90. The first kappa shape index (κ1) is 15.0. The van der Waals surface area contributed by atoms with Gasteiger partial charge in [0.1, 0.15) is 6.04 Å². The molecule has 2 fully saturated rings. The van der Waals surface area contributed by atoms with Crippen LogP contribution in [0.3, 0.4) is 0 Å². The zero-order chi connectivity index (χ0) is 15.7. The summed E-state index contributed by atoms with van der Waals surface area (Å²) in [5, 5.41) is 3.81. The molecule has 120 valence electrons. The van der Waals surface area contributed by atoms with Gasteiger partial charge >= 0.3 is 0 Å². The van der Waals surface area contributed by atoms with Gasteiger partial charge in [0, 0.05) is 33.0 Å². The van der Waals surface area contributed by atoms with Crippen molar-refractivity contribution in [3.8, 4) is 0 Å². The first-order chi connectivity index (χ1) is 10.5. The molecule has 0 bridgehead atoms. The minimum absolute atomic E-state index is 0.0302. The number of hydrogen-bond acceptors (Lipinski definition) is 5. The molecule has 7 heteroatoms. The lowest BCUT2D eigenvalue weighted by Gasteiger charge is -2.25. The lowest BCUT2D eigenvalue weighted by molar-refractivity contribution is -0.133. The van der Waals surface area contributed by atoms with Crippen molar-refractivity contribution in [1.82, 2.24) is 19.9 Å². The normalized spacial score (nSPS) is 22.5. The fourth-order valence-electron chi connectivity index (χ4n) is 2.96. The first-order valence-corrected chi connectivity index (χ1v) is 7.90. The van der Waals surface area contributed by atoms with Gasteiger partial charge in [-0.15, -0.1) is 0 Å². The number of rotatable bonds is 3. The predicted octanol–water partition coefficient (Wildman–Crippen LogP) is 1.30. The molecular formula is C15H22N4O3. The maximum atomic E-state index is 12.3. The zero-order valence-corrected chi connectivity index (χ0v) is 13.1. The van der Waals surface area contributed by atoms with E-state index in [0.29, 0.717) is 50.1 Å². The Bertz CT molecular complexity index is 567. The molecule has 1 aromatic heterocycles. The lowest BCUT2D eigenvalue weighted by Crippen LogP contribution is -2.37. The summed E-state index contributed by atoms with van der Waals surface area (Å²) >= 11 is 0. The van der Waals surface area contributed by atoms with E-state index in [1.54, 1.807) is 11.8 Å². The van der Waals surface area contributed by atoms with Gasteiger partial charge in [-0.3, -0.25) is 9.59 Å². The highest BCUT2D eigenvalue weighted by atomic mass is 16.5. The van der Waals surface area contributed by atoms with Crippen molar-refractivity contribution in [2.45, 2.75) is 45.6 Å². The predicted molar refractivity (Wildman–Crippen MR) is 77.7 cm³/mol. The van der Waals surface area contributed by atoms with Gasteiger partial charge in [0.2, 0.25) is 17.7 Å². The van der Waals surface area contributed by atoms with E-state index in [2.05, 4.69) is 10.1 Å². The molecule has 0 N–H and O–H groups in total.